The Bertz CT molecular complexity index is 496. The Morgan fingerprint density at radius 1 is 1.44 bits per heavy atom. The molecule has 0 saturated heterocycles. The van der Waals surface area contributed by atoms with E-state index in [1.807, 2.05) is 0 Å². The van der Waals surface area contributed by atoms with Gasteiger partial charge in [-0.25, -0.2) is 14.0 Å². The van der Waals surface area contributed by atoms with Crippen molar-refractivity contribution in [3.05, 3.63) is 35.1 Å². The number of rotatable bonds is 1. The second kappa shape index (κ2) is 4.94. The first kappa shape index (κ1) is 11.7. The minimum Gasteiger partial charge on any atom is -0.478 e. The smallest absolute Gasteiger partial charge is 0.384 e. The number of ether oxygens (including phenoxy) is 1. The summed E-state index contributed by atoms with van der Waals surface area (Å²) in [7, 11) is 1.15. The van der Waals surface area contributed by atoms with E-state index in [0.717, 1.165) is 19.2 Å². The third kappa shape index (κ3) is 2.82. The van der Waals surface area contributed by atoms with Gasteiger partial charge in [0.1, 0.15) is 5.82 Å². The lowest BCUT2D eigenvalue weighted by molar-refractivity contribution is -0.133. The minimum atomic E-state index is -1.31. The molecule has 0 atom stereocenters. The van der Waals surface area contributed by atoms with Gasteiger partial charge in [0.2, 0.25) is 0 Å². The van der Waals surface area contributed by atoms with Gasteiger partial charge in [-0.3, -0.25) is 0 Å². The fourth-order valence-electron chi connectivity index (χ4n) is 0.972. The fraction of sp³-hybridized carbons (Fsp3) is 0.0909. The first-order valence-corrected chi connectivity index (χ1v) is 4.17. The zero-order valence-electron chi connectivity index (χ0n) is 8.28. The summed E-state index contributed by atoms with van der Waals surface area (Å²) in [5.41, 5.74) is -0.240. The number of halogens is 1. The Labute approximate surface area is 90.7 Å². The van der Waals surface area contributed by atoms with Crippen LogP contribution in [0.25, 0.3) is 0 Å². The molecule has 1 N–H and O–H groups in total. The van der Waals surface area contributed by atoms with Crippen LogP contribution < -0.4 is 0 Å². The monoisotopic (exact) mass is 222 g/mol. The average Bonchev–Trinajstić information content (AvgIpc) is 2.26. The van der Waals surface area contributed by atoms with Gasteiger partial charge in [0.25, 0.3) is 0 Å². The highest BCUT2D eigenvalue weighted by Gasteiger charge is 2.09. The largest absolute Gasteiger partial charge is 0.478 e. The second-order valence-electron chi connectivity index (χ2n) is 2.74. The number of methoxy groups -OCH3 is 1. The highest BCUT2D eigenvalue weighted by Crippen LogP contribution is 2.10. The molecule has 1 aromatic carbocycles. The minimum absolute atomic E-state index is 0.0549. The number of carboxylic acids is 1. The molecule has 0 aliphatic carbocycles. The van der Waals surface area contributed by atoms with Crippen LogP contribution in [-0.4, -0.2) is 24.2 Å². The molecule has 1 aromatic rings. The molecule has 0 aliphatic heterocycles. The van der Waals surface area contributed by atoms with E-state index in [2.05, 4.69) is 16.6 Å². The van der Waals surface area contributed by atoms with Crippen molar-refractivity contribution in [1.29, 1.82) is 0 Å². The van der Waals surface area contributed by atoms with Gasteiger partial charge in [0.15, 0.2) is 0 Å². The van der Waals surface area contributed by atoms with E-state index < -0.39 is 17.8 Å². The highest BCUT2D eigenvalue weighted by atomic mass is 19.1. The van der Waals surface area contributed by atoms with Gasteiger partial charge in [-0.1, -0.05) is 5.92 Å². The van der Waals surface area contributed by atoms with Gasteiger partial charge in [0, 0.05) is 11.5 Å². The van der Waals surface area contributed by atoms with Gasteiger partial charge < -0.3 is 9.84 Å². The summed E-state index contributed by atoms with van der Waals surface area (Å²) in [4.78, 5) is 21.5. The van der Waals surface area contributed by atoms with Gasteiger partial charge in [-0.15, -0.1) is 0 Å². The van der Waals surface area contributed by atoms with Crippen LogP contribution in [0.5, 0.6) is 0 Å². The maximum absolute atomic E-state index is 12.8. The summed E-state index contributed by atoms with van der Waals surface area (Å²) in [6.45, 7) is 0. The zero-order chi connectivity index (χ0) is 12.1. The zero-order valence-corrected chi connectivity index (χ0v) is 8.28. The topological polar surface area (TPSA) is 63.6 Å². The van der Waals surface area contributed by atoms with E-state index in [0.29, 0.717) is 0 Å². The summed E-state index contributed by atoms with van der Waals surface area (Å²) >= 11 is 0. The molecule has 4 nitrogen and oxygen atoms in total. The molecule has 1 rings (SSSR count). The molecule has 0 unspecified atom stereocenters. The summed E-state index contributed by atoms with van der Waals surface area (Å²) < 4.78 is 17.0. The van der Waals surface area contributed by atoms with E-state index in [4.69, 9.17) is 5.11 Å². The van der Waals surface area contributed by atoms with Gasteiger partial charge in [-0.2, -0.15) is 0 Å². The van der Waals surface area contributed by atoms with E-state index >= 15 is 0 Å². The number of carbonyl (C=O) groups excluding carboxylic acids is 1. The van der Waals surface area contributed by atoms with Crippen LogP contribution in [0.3, 0.4) is 0 Å². The standard InChI is InChI=1S/C11H7FO4/c1-16-10(13)5-3-7-2-4-8(12)6-9(7)11(14)15/h2,4,6H,1H3,(H,14,15). The number of benzene rings is 1. The van der Waals surface area contributed by atoms with Crippen molar-refractivity contribution >= 4 is 11.9 Å². The SMILES string of the molecule is COC(=O)C#Cc1ccc(F)cc1C(=O)O. The van der Waals surface area contributed by atoms with Gasteiger partial charge in [0.05, 0.1) is 12.7 Å². The summed E-state index contributed by atoms with van der Waals surface area (Å²) in [6, 6.07) is 3.09. The molecule has 0 aliphatic rings. The van der Waals surface area contributed by atoms with E-state index in [-0.39, 0.29) is 11.1 Å². The Morgan fingerprint density at radius 2 is 2.12 bits per heavy atom. The Balaban J connectivity index is 3.17. The average molecular weight is 222 g/mol. The summed E-state index contributed by atoms with van der Waals surface area (Å²) in [5, 5.41) is 8.76. The van der Waals surface area contributed by atoms with Crippen molar-refractivity contribution in [3.63, 3.8) is 0 Å². The van der Waals surface area contributed by atoms with Crippen LogP contribution in [0, 0.1) is 17.7 Å². The summed E-state index contributed by atoms with van der Waals surface area (Å²) in [6.07, 6.45) is 0. The molecule has 0 spiro atoms. The van der Waals surface area contributed by atoms with Crippen LogP contribution in [-0.2, 0) is 9.53 Å². The predicted octanol–water partition coefficient (Wildman–Crippen LogP) is 1.05. The highest BCUT2D eigenvalue weighted by molar-refractivity contribution is 5.93. The molecule has 0 aromatic heterocycles. The van der Waals surface area contributed by atoms with Crippen molar-refractivity contribution in [1.82, 2.24) is 0 Å². The molecule has 0 fully saturated rings. The van der Waals surface area contributed by atoms with Gasteiger partial charge in [-0.05, 0) is 18.2 Å². The van der Waals surface area contributed by atoms with Crippen molar-refractivity contribution in [2.45, 2.75) is 0 Å². The molecular formula is C11H7FO4. The Kier molecular flexibility index (Phi) is 3.62. The first-order valence-electron chi connectivity index (χ1n) is 4.17. The van der Waals surface area contributed by atoms with E-state index in [9.17, 15) is 14.0 Å². The third-order valence-electron chi connectivity index (χ3n) is 1.70. The van der Waals surface area contributed by atoms with Crippen LogP contribution in [0.15, 0.2) is 18.2 Å². The summed E-state index contributed by atoms with van der Waals surface area (Å²) in [5.74, 6) is 1.58. The Hall–Kier alpha value is -2.35. The first-order chi connectivity index (χ1) is 7.54. The lowest BCUT2D eigenvalue weighted by Gasteiger charge is -1.98. The normalized spacial score (nSPS) is 8.88. The fourth-order valence-corrected chi connectivity index (χ4v) is 0.972. The number of hydrogen-bond donors (Lipinski definition) is 1. The van der Waals surface area contributed by atoms with Crippen molar-refractivity contribution in [2.24, 2.45) is 0 Å². The molecule has 0 radical (unpaired) electrons. The van der Waals surface area contributed by atoms with Crippen LogP contribution in [0.1, 0.15) is 15.9 Å². The molecular weight excluding hydrogens is 215 g/mol. The predicted molar refractivity (Wildman–Crippen MR) is 52.3 cm³/mol. The molecule has 0 bridgehead atoms. The lowest BCUT2D eigenvalue weighted by atomic mass is 10.1. The molecule has 0 heterocycles. The second-order valence-corrected chi connectivity index (χ2v) is 2.74. The number of carbonyl (C=O) groups is 2. The van der Waals surface area contributed by atoms with Crippen LogP contribution in [0.2, 0.25) is 0 Å². The Morgan fingerprint density at radius 3 is 2.69 bits per heavy atom. The van der Waals surface area contributed by atoms with Crippen LogP contribution in [0.4, 0.5) is 4.39 Å². The number of carboxylic acid groups (broad SMARTS) is 1. The molecule has 16 heavy (non-hydrogen) atoms. The number of aromatic carboxylic acids is 1. The van der Waals surface area contributed by atoms with Gasteiger partial charge >= 0.3 is 11.9 Å². The number of esters is 1. The van der Waals surface area contributed by atoms with Crippen molar-refractivity contribution in [3.8, 4) is 11.8 Å². The van der Waals surface area contributed by atoms with E-state index in [1.165, 1.54) is 6.07 Å². The molecule has 82 valence electrons. The molecule has 0 saturated carbocycles. The third-order valence-corrected chi connectivity index (χ3v) is 1.70. The molecule has 0 amide bonds. The quantitative estimate of drug-likeness (QED) is 0.569. The maximum Gasteiger partial charge on any atom is 0.384 e. The number of hydrogen-bond acceptors (Lipinski definition) is 3. The van der Waals surface area contributed by atoms with Crippen molar-refractivity contribution in [2.75, 3.05) is 7.11 Å². The lowest BCUT2D eigenvalue weighted by Crippen LogP contribution is -2.01. The molecule has 5 heteroatoms. The van der Waals surface area contributed by atoms with Crippen LogP contribution >= 0.6 is 0 Å². The maximum atomic E-state index is 12.8. The van der Waals surface area contributed by atoms with E-state index in [1.54, 1.807) is 0 Å². The van der Waals surface area contributed by atoms with Crippen molar-refractivity contribution < 1.29 is 23.8 Å².